The van der Waals surface area contributed by atoms with Gasteiger partial charge in [-0.2, -0.15) is 0 Å². The molecule has 6 nitrogen and oxygen atoms in total. The number of furan rings is 1. The molecule has 8 heteroatoms. The number of halogens is 2. The fraction of sp³-hybridized carbons (Fsp3) is 0.150. The molecule has 1 amide bonds. The maximum atomic E-state index is 12.6. The average Bonchev–Trinajstić information content (AvgIpc) is 3.16. The molecule has 1 heterocycles. The zero-order valence-corrected chi connectivity index (χ0v) is 16.6. The first-order valence-corrected chi connectivity index (χ1v) is 8.94. The van der Waals surface area contributed by atoms with Crippen LogP contribution in [0, 0.1) is 0 Å². The number of rotatable bonds is 6. The van der Waals surface area contributed by atoms with Crippen LogP contribution in [0.25, 0.3) is 11.3 Å². The van der Waals surface area contributed by atoms with Gasteiger partial charge in [0.15, 0.2) is 5.75 Å². The van der Waals surface area contributed by atoms with E-state index in [1.165, 1.54) is 26.4 Å². The van der Waals surface area contributed by atoms with E-state index in [2.05, 4.69) is 5.32 Å². The second kappa shape index (κ2) is 8.56. The van der Waals surface area contributed by atoms with Crippen molar-refractivity contribution in [3.63, 3.8) is 0 Å². The van der Waals surface area contributed by atoms with Crippen molar-refractivity contribution in [2.45, 2.75) is 6.61 Å². The van der Waals surface area contributed by atoms with E-state index >= 15 is 0 Å². The Morgan fingerprint density at radius 3 is 2.36 bits per heavy atom. The van der Waals surface area contributed by atoms with Gasteiger partial charge in [0.05, 0.1) is 29.8 Å². The lowest BCUT2D eigenvalue weighted by molar-refractivity contribution is 0.102. The normalized spacial score (nSPS) is 10.6. The monoisotopic (exact) mass is 421 g/mol. The van der Waals surface area contributed by atoms with Gasteiger partial charge >= 0.3 is 0 Å². The Kier molecular flexibility index (Phi) is 6.14. The first-order chi connectivity index (χ1) is 13.5. The molecule has 0 unspecified atom stereocenters. The molecular formula is C20H17Cl2NO5. The van der Waals surface area contributed by atoms with E-state index in [4.69, 9.17) is 42.2 Å². The molecule has 2 N–H and O–H groups in total. The van der Waals surface area contributed by atoms with Crippen LogP contribution >= 0.6 is 23.2 Å². The fourth-order valence-electron chi connectivity index (χ4n) is 2.67. The van der Waals surface area contributed by atoms with Crippen LogP contribution in [0.15, 0.2) is 46.9 Å². The predicted molar refractivity (Wildman–Crippen MR) is 108 cm³/mol. The lowest BCUT2D eigenvalue weighted by Gasteiger charge is -2.12. The van der Waals surface area contributed by atoms with E-state index in [0.717, 1.165) is 0 Å². The van der Waals surface area contributed by atoms with Gasteiger partial charge in [-0.25, -0.2) is 0 Å². The first kappa shape index (κ1) is 20.1. The minimum absolute atomic E-state index is 0.191. The summed E-state index contributed by atoms with van der Waals surface area (Å²) in [4.78, 5) is 12.6. The number of methoxy groups -OCH3 is 2. The Morgan fingerprint density at radius 2 is 1.79 bits per heavy atom. The summed E-state index contributed by atoms with van der Waals surface area (Å²) < 4.78 is 16.0. The maximum Gasteiger partial charge on any atom is 0.255 e. The van der Waals surface area contributed by atoms with Gasteiger partial charge in [-0.15, -0.1) is 0 Å². The summed E-state index contributed by atoms with van der Waals surface area (Å²) in [5.41, 5.74) is 1.50. The second-order valence-electron chi connectivity index (χ2n) is 5.77. The van der Waals surface area contributed by atoms with Gasteiger partial charge in [-0.3, -0.25) is 4.79 Å². The molecule has 146 valence electrons. The molecule has 0 fully saturated rings. The topological polar surface area (TPSA) is 80.9 Å². The number of hydrogen-bond acceptors (Lipinski definition) is 5. The van der Waals surface area contributed by atoms with Crippen molar-refractivity contribution in [1.82, 2.24) is 0 Å². The van der Waals surface area contributed by atoms with E-state index in [1.807, 2.05) is 0 Å². The number of hydrogen-bond donors (Lipinski definition) is 2. The summed E-state index contributed by atoms with van der Waals surface area (Å²) >= 11 is 12.2. The zero-order valence-electron chi connectivity index (χ0n) is 15.1. The number of carbonyl (C=O) groups excluding carboxylic acids is 1. The third-order valence-corrected chi connectivity index (χ3v) is 4.57. The third kappa shape index (κ3) is 4.09. The van der Waals surface area contributed by atoms with Crippen molar-refractivity contribution in [2.75, 3.05) is 19.5 Å². The van der Waals surface area contributed by atoms with Gasteiger partial charge in [0.1, 0.15) is 23.9 Å². The average molecular weight is 422 g/mol. The number of carbonyl (C=O) groups is 1. The lowest BCUT2D eigenvalue weighted by Crippen LogP contribution is -2.12. The molecule has 0 aliphatic carbocycles. The molecule has 0 saturated heterocycles. The Hall–Kier alpha value is -2.67. The SMILES string of the molecule is COc1cc(NC(=O)c2cc(Cl)c(OC)c(Cl)c2)ccc1-c1ccc(CO)o1. The van der Waals surface area contributed by atoms with E-state index in [1.54, 1.807) is 30.3 Å². The number of anilines is 1. The molecule has 28 heavy (non-hydrogen) atoms. The van der Waals surface area contributed by atoms with Crippen molar-refractivity contribution in [3.05, 3.63) is 63.8 Å². The molecule has 0 radical (unpaired) electrons. The summed E-state index contributed by atoms with van der Waals surface area (Å²) in [6.45, 7) is -0.191. The summed E-state index contributed by atoms with van der Waals surface area (Å²) in [7, 11) is 2.96. The van der Waals surface area contributed by atoms with Crippen molar-refractivity contribution < 1.29 is 23.8 Å². The molecule has 0 bridgehead atoms. The van der Waals surface area contributed by atoms with E-state index < -0.39 is 0 Å². The van der Waals surface area contributed by atoms with Crippen LogP contribution < -0.4 is 14.8 Å². The van der Waals surface area contributed by atoms with Gasteiger partial charge in [0, 0.05) is 17.3 Å². The lowest BCUT2D eigenvalue weighted by atomic mass is 10.1. The van der Waals surface area contributed by atoms with E-state index in [9.17, 15) is 4.79 Å². The number of amides is 1. The molecule has 0 saturated carbocycles. The van der Waals surface area contributed by atoms with E-state index in [0.29, 0.717) is 34.3 Å². The number of aliphatic hydroxyl groups is 1. The highest BCUT2D eigenvalue weighted by Crippen LogP contribution is 2.35. The number of ether oxygens (including phenoxy) is 2. The molecule has 0 aliphatic rings. The molecule has 0 spiro atoms. The molecule has 3 aromatic rings. The summed E-state index contributed by atoms with van der Waals surface area (Å²) in [5.74, 6) is 1.42. The Bertz CT molecular complexity index is 993. The van der Waals surface area contributed by atoms with Gasteiger partial charge in [0.2, 0.25) is 0 Å². The quantitative estimate of drug-likeness (QED) is 0.584. The van der Waals surface area contributed by atoms with Crippen LogP contribution in [0.4, 0.5) is 5.69 Å². The van der Waals surface area contributed by atoms with Crippen molar-refractivity contribution in [2.24, 2.45) is 0 Å². The highest BCUT2D eigenvalue weighted by atomic mass is 35.5. The Balaban J connectivity index is 1.85. The molecule has 1 aromatic heterocycles. The van der Waals surface area contributed by atoms with Crippen LogP contribution in [0.3, 0.4) is 0 Å². The van der Waals surface area contributed by atoms with Crippen molar-refractivity contribution in [3.8, 4) is 22.8 Å². The molecule has 3 rings (SSSR count). The third-order valence-electron chi connectivity index (χ3n) is 4.01. The van der Waals surface area contributed by atoms with Crippen molar-refractivity contribution in [1.29, 1.82) is 0 Å². The first-order valence-electron chi connectivity index (χ1n) is 8.19. The molecule has 0 atom stereocenters. The zero-order chi connectivity index (χ0) is 20.3. The van der Waals surface area contributed by atoms with Crippen LogP contribution in [0.2, 0.25) is 10.0 Å². The number of benzene rings is 2. The van der Waals surface area contributed by atoms with Gasteiger partial charge < -0.3 is 24.3 Å². The predicted octanol–water partition coefficient (Wildman–Crippen LogP) is 5.02. The molecule has 2 aromatic carbocycles. The minimum atomic E-state index is -0.387. The summed E-state index contributed by atoms with van der Waals surface area (Å²) in [6.07, 6.45) is 0. The highest BCUT2D eigenvalue weighted by molar-refractivity contribution is 6.37. The van der Waals surface area contributed by atoms with Crippen LogP contribution in [0.1, 0.15) is 16.1 Å². The Labute approximate surface area is 171 Å². The highest BCUT2D eigenvalue weighted by Gasteiger charge is 2.16. The van der Waals surface area contributed by atoms with Crippen LogP contribution in [-0.4, -0.2) is 25.2 Å². The molecule has 0 aliphatic heterocycles. The summed E-state index contributed by atoms with van der Waals surface area (Å²) in [6, 6.07) is 11.5. The largest absolute Gasteiger partial charge is 0.496 e. The van der Waals surface area contributed by atoms with Crippen LogP contribution in [-0.2, 0) is 6.61 Å². The Morgan fingerprint density at radius 1 is 1.07 bits per heavy atom. The fourth-order valence-corrected chi connectivity index (χ4v) is 3.31. The van der Waals surface area contributed by atoms with Gasteiger partial charge in [0.25, 0.3) is 5.91 Å². The van der Waals surface area contributed by atoms with Crippen LogP contribution in [0.5, 0.6) is 11.5 Å². The number of nitrogens with one attached hydrogen (secondary N) is 1. The van der Waals surface area contributed by atoms with Crippen molar-refractivity contribution >= 4 is 34.8 Å². The van der Waals surface area contributed by atoms with Gasteiger partial charge in [-0.1, -0.05) is 23.2 Å². The maximum absolute atomic E-state index is 12.6. The van der Waals surface area contributed by atoms with E-state index in [-0.39, 0.29) is 28.1 Å². The standard InChI is InChI=1S/C20H17Cl2NO5/c1-26-18-9-12(3-5-14(18)17-6-4-13(10-24)28-17)23-20(25)11-7-15(21)19(27-2)16(22)8-11/h3-9,24H,10H2,1-2H3,(H,23,25). The molecular weight excluding hydrogens is 405 g/mol. The number of aliphatic hydroxyl groups excluding tert-OH is 1. The smallest absolute Gasteiger partial charge is 0.255 e. The van der Waals surface area contributed by atoms with Gasteiger partial charge in [-0.05, 0) is 36.4 Å². The summed E-state index contributed by atoms with van der Waals surface area (Å²) in [5, 5.41) is 12.4. The minimum Gasteiger partial charge on any atom is -0.496 e. The second-order valence-corrected chi connectivity index (χ2v) is 6.58.